The fraction of sp³-hybridized carbons (Fsp3) is 0.125. The highest BCUT2D eigenvalue weighted by Gasteiger charge is 2.11. The molecule has 2 rings (SSSR count). The molecule has 0 spiro atoms. The van der Waals surface area contributed by atoms with E-state index < -0.39 is 5.97 Å². The fourth-order valence-electron chi connectivity index (χ4n) is 1.89. The molecule has 2 aromatic carbocycles. The number of carbonyl (C=O) groups is 2. The minimum absolute atomic E-state index is 0.152. The Hall–Kier alpha value is -2.04. The average molecular weight is 338 g/mol. The first-order chi connectivity index (χ1) is 10.5. The van der Waals surface area contributed by atoms with Crippen molar-refractivity contribution in [3.63, 3.8) is 0 Å². The van der Waals surface area contributed by atoms with Gasteiger partial charge in [0, 0.05) is 5.02 Å². The van der Waals surface area contributed by atoms with Crippen molar-refractivity contribution in [2.24, 2.45) is 0 Å². The van der Waals surface area contributed by atoms with Gasteiger partial charge in [0.15, 0.2) is 0 Å². The largest absolute Gasteiger partial charge is 0.465 e. The molecular formula is C16H13Cl2NO3. The van der Waals surface area contributed by atoms with Gasteiger partial charge in [-0.3, -0.25) is 4.79 Å². The lowest BCUT2D eigenvalue weighted by Crippen LogP contribution is -2.15. The second-order valence-electron chi connectivity index (χ2n) is 4.54. The highest BCUT2D eigenvalue weighted by atomic mass is 35.5. The van der Waals surface area contributed by atoms with Crippen LogP contribution in [0.4, 0.5) is 5.69 Å². The first kappa shape index (κ1) is 16.3. The highest BCUT2D eigenvalue weighted by molar-refractivity contribution is 6.34. The van der Waals surface area contributed by atoms with Gasteiger partial charge in [-0.05, 0) is 35.9 Å². The first-order valence-corrected chi connectivity index (χ1v) is 7.17. The van der Waals surface area contributed by atoms with Gasteiger partial charge >= 0.3 is 5.97 Å². The number of nitrogens with one attached hydrogen (secondary N) is 1. The summed E-state index contributed by atoms with van der Waals surface area (Å²) in [6, 6.07) is 11.6. The monoisotopic (exact) mass is 337 g/mol. The zero-order chi connectivity index (χ0) is 16.1. The zero-order valence-electron chi connectivity index (χ0n) is 11.7. The topological polar surface area (TPSA) is 55.4 Å². The lowest BCUT2D eigenvalue weighted by Gasteiger charge is -2.09. The molecule has 0 bridgehead atoms. The Bertz CT molecular complexity index is 716. The Morgan fingerprint density at radius 3 is 2.59 bits per heavy atom. The van der Waals surface area contributed by atoms with Gasteiger partial charge in [-0.25, -0.2) is 4.79 Å². The van der Waals surface area contributed by atoms with Crippen LogP contribution in [0.2, 0.25) is 10.0 Å². The molecule has 2 aromatic rings. The fourth-order valence-corrected chi connectivity index (χ4v) is 2.27. The summed E-state index contributed by atoms with van der Waals surface area (Å²) in [6.45, 7) is 0. The SMILES string of the molecule is COC(=O)c1ccc(Cl)c(NC(=O)Cc2cccc(Cl)c2)c1. The summed E-state index contributed by atoms with van der Waals surface area (Å²) in [5.74, 6) is -0.756. The molecule has 0 aliphatic rings. The molecule has 22 heavy (non-hydrogen) atoms. The lowest BCUT2D eigenvalue weighted by molar-refractivity contribution is -0.115. The molecule has 6 heteroatoms. The van der Waals surface area contributed by atoms with E-state index in [0.717, 1.165) is 5.56 Å². The van der Waals surface area contributed by atoms with E-state index >= 15 is 0 Å². The maximum Gasteiger partial charge on any atom is 0.337 e. The Morgan fingerprint density at radius 1 is 1.14 bits per heavy atom. The molecule has 0 aliphatic heterocycles. The quantitative estimate of drug-likeness (QED) is 0.859. The number of ether oxygens (including phenoxy) is 1. The Labute approximate surface area is 138 Å². The van der Waals surface area contributed by atoms with Crippen molar-refractivity contribution in [1.29, 1.82) is 0 Å². The van der Waals surface area contributed by atoms with Gasteiger partial charge in [0.05, 0.1) is 29.8 Å². The Morgan fingerprint density at radius 2 is 1.91 bits per heavy atom. The van der Waals surface area contributed by atoms with Crippen molar-refractivity contribution in [3.05, 3.63) is 63.6 Å². The normalized spacial score (nSPS) is 10.1. The lowest BCUT2D eigenvalue weighted by atomic mass is 10.1. The van der Waals surface area contributed by atoms with Crippen LogP contribution in [0.15, 0.2) is 42.5 Å². The van der Waals surface area contributed by atoms with Crippen LogP contribution in [-0.2, 0) is 16.0 Å². The van der Waals surface area contributed by atoms with Crippen LogP contribution in [0.1, 0.15) is 15.9 Å². The van der Waals surface area contributed by atoms with Gasteiger partial charge < -0.3 is 10.1 Å². The second-order valence-corrected chi connectivity index (χ2v) is 5.38. The summed E-state index contributed by atoms with van der Waals surface area (Å²) >= 11 is 11.9. The molecule has 0 saturated carbocycles. The molecule has 0 fully saturated rings. The third-order valence-electron chi connectivity index (χ3n) is 2.92. The van der Waals surface area contributed by atoms with Gasteiger partial charge in [0.25, 0.3) is 0 Å². The van der Waals surface area contributed by atoms with E-state index in [2.05, 4.69) is 10.1 Å². The molecule has 0 heterocycles. The number of hydrogen-bond donors (Lipinski definition) is 1. The standard InChI is InChI=1S/C16H13Cl2NO3/c1-22-16(21)11-5-6-13(18)14(9-11)19-15(20)8-10-3-2-4-12(17)7-10/h2-7,9H,8H2,1H3,(H,19,20). The second kappa shape index (κ2) is 7.29. The van der Waals surface area contributed by atoms with E-state index in [1.807, 2.05) is 0 Å². The van der Waals surface area contributed by atoms with Crippen LogP contribution >= 0.6 is 23.2 Å². The van der Waals surface area contributed by atoms with Crippen LogP contribution in [0.3, 0.4) is 0 Å². The number of esters is 1. The summed E-state index contributed by atoms with van der Waals surface area (Å²) in [5.41, 5.74) is 1.45. The summed E-state index contributed by atoms with van der Waals surface area (Å²) < 4.78 is 4.64. The molecule has 4 nitrogen and oxygen atoms in total. The smallest absolute Gasteiger partial charge is 0.337 e. The van der Waals surface area contributed by atoms with Crippen molar-refractivity contribution >= 4 is 40.8 Å². The predicted molar refractivity (Wildman–Crippen MR) is 86.6 cm³/mol. The Balaban J connectivity index is 2.12. The number of benzene rings is 2. The number of amides is 1. The number of anilines is 1. The van der Waals surface area contributed by atoms with E-state index in [4.69, 9.17) is 23.2 Å². The molecule has 0 aromatic heterocycles. The van der Waals surface area contributed by atoms with E-state index in [0.29, 0.717) is 21.3 Å². The van der Waals surface area contributed by atoms with Crippen LogP contribution in [-0.4, -0.2) is 19.0 Å². The number of methoxy groups -OCH3 is 1. The third kappa shape index (κ3) is 4.23. The van der Waals surface area contributed by atoms with Gasteiger partial charge in [-0.1, -0.05) is 35.3 Å². The molecular weight excluding hydrogens is 325 g/mol. The van der Waals surface area contributed by atoms with Crippen molar-refractivity contribution in [3.8, 4) is 0 Å². The molecule has 0 atom stereocenters. The molecule has 1 N–H and O–H groups in total. The molecule has 114 valence electrons. The minimum Gasteiger partial charge on any atom is -0.465 e. The molecule has 0 aliphatic carbocycles. The van der Waals surface area contributed by atoms with Gasteiger partial charge in [0.1, 0.15) is 0 Å². The van der Waals surface area contributed by atoms with Crippen molar-refractivity contribution in [1.82, 2.24) is 0 Å². The highest BCUT2D eigenvalue weighted by Crippen LogP contribution is 2.24. The summed E-state index contributed by atoms with van der Waals surface area (Å²) in [7, 11) is 1.29. The van der Waals surface area contributed by atoms with Crippen molar-refractivity contribution < 1.29 is 14.3 Å². The maximum atomic E-state index is 12.1. The number of carbonyl (C=O) groups excluding carboxylic acids is 2. The average Bonchev–Trinajstić information content (AvgIpc) is 2.48. The van der Waals surface area contributed by atoms with Gasteiger partial charge in [-0.15, -0.1) is 0 Å². The van der Waals surface area contributed by atoms with Crippen LogP contribution in [0.5, 0.6) is 0 Å². The number of rotatable bonds is 4. The summed E-state index contributed by atoms with van der Waals surface area (Å²) in [6.07, 6.45) is 0.152. The first-order valence-electron chi connectivity index (χ1n) is 6.42. The maximum absolute atomic E-state index is 12.1. The van der Waals surface area contributed by atoms with Gasteiger partial charge in [-0.2, -0.15) is 0 Å². The van der Waals surface area contributed by atoms with E-state index in [1.54, 1.807) is 24.3 Å². The summed E-state index contributed by atoms with van der Waals surface area (Å²) in [5, 5.41) is 3.58. The van der Waals surface area contributed by atoms with E-state index in [-0.39, 0.29) is 12.3 Å². The summed E-state index contributed by atoms with van der Waals surface area (Å²) in [4.78, 5) is 23.6. The molecule has 1 amide bonds. The van der Waals surface area contributed by atoms with Crippen molar-refractivity contribution in [2.45, 2.75) is 6.42 Å². The molecule has 0 saturated heterocycles. The number of halogens is 2. The third-order valence-corrected chi connectivity index (χ3v) is 3.48. The number of hydrogen-bond acceptors (Lipinski definition) is 3. The molecule has 0 unspecified atom stereocenters. The Kier molecular flexibility index (Phi) is 5.41. The van der Waals surface area contributed by atoms with Crippen molar-refractivity contribution in [2.75, 3.05) is 12.4 Å². The molecule has 0 radical (unpaired) electrons. The van der Waals surface area contributed by atoms with E-state index in [1.165, 1.54) is 25.3 Å². The van der Waals surface area contributed by atoms with Gasteiger partial charge in [0.2, 0.25) is 5.91 Å². The predicted octanol–water partition coefficient (Wildman–Crippen LogP) is 3.96. The van der Waals surface area contributed by atoms with Crippen LogP contribution in [0, 0.1) is 0 Å². The van der Waals surface area contributed by atoms with Crippen LogP contribution in [0.25, 0.3) is 0 Å². The van der Waals surface area contributed by atoms with E-state index in [9.17, 15) is 9.59 Å². The minimum atomic E-state index is -0.498. The zero-order valence-corrected chi connectivity index (χ0v) is 13.2. The van der Waals surface area contributed by atoms with Crippen LogP contribution < -0.4 is 5.32 Å².